The van der Waals surface area contributed by atoms with Crippen molar-refractivity contribution < 1.29 is 4.74 Å². The lowest BCUT2D eigenvalue weighted by molar-refractivity contribution is 0.00161. The van der Waals surface area contributed by atoms with E-state index in [-0.39, 0.29) is 0 Å². The van der Waals surface area contributed by atoms with Crippen molar-refractivity contribution in [3.63, 3.8) is 0 Å². The highest BCUT2D eigenvalue weighted by Gasteiger charge is 2.25. The van der Waals surface area contributed by atoms with Gasteiger partial charge in [-0.05, 0) is 31.4 Å². The van der Waals surface area contributed by atoms with Gasteiger partial charge in [0.1, 0.15) is 0 Å². The molecule has 4 heteroatoms. The number of hydrogen-bond acceptors (Lipinski definition) is 3. The molecule has 2 aromatic rings. The molecule has 2 nitrogen and oxygen atoms in total. The average molecular weight is 366 g/mol. The SMILES string of the molecule is CCC[C@H]1C[C@H](c2nc(-c3ccc(Br)cc3)cs2)CCO1. The molecule has 0 unspecified atom stereocenters. The zero-order valence-corrected chi connectivity index (χ0v) is 14.6. The molecule has 1 aliphatic heterocycles. The quantitative estimate of drug-likeness (QED) is 0.699. The first kappa shape index (κ1) is 15.2. The Kier molecular flexibility index (Phi) is 5.09. The minimum absolute atomic E-state index is 0.425. The minimum atomic E-state index is 0.425. The number of benzene rings is 1. The monoisotopic (exact) mass is 365 g/mol. The zero-order valence-electron chi connectivity index (χ0n) is 12.2. The highest BCUT2D eigenvalue weighted by molar-refractivity contribution is 9.10. The second kappa shape index (κ2) is 7.03. The third-order valence-corrected chi connectivity index (χ3v) is 5.52. The van der Waals surface area contributed by atoms with Crippen molar-refractivity contribution in [2.45, 2.75) is 44.6 Å². The van der Waals surface area contributed by atoms with E-state index in [0.717, 1.165) is 29.6 Å². The predicted octanol–water partition coefficient (Wildman–Crippen LogP) is 5.64. The van der Waals surface area contributed by atoms with Gasteiger partial charge in [-0.2, -0.15) is 0 Å². The Hall–Kier alpha value is -0.710. The Morgan fingerprint density at radius 1 is 1.33 bits per heavy atom. The van der Waals surface area contributed by atoms with E-state index in [1.165, 1.54) is 23.4 Å². The number of rotatable bonds is 4. The van der Waals surface area contributed by atoms with E-state index < -0.39 is 0 Å². The molecule has 3 rings (SSSR count). The normalized spacial score (nSPS) is 22.4. The topological polar surface area (TPSA) is 22.1 Å². The van der Waals surface area contributed by atoms with Crippen LogP contribution in [0.25, 0.3) is 11.3 Å². The van der Waals surface area contributed by atoms with Crippen LogP contribution in [-0.4, -0.2) is 17.7 Å². The van der Waals surface area contributed by atoms with E-state index in [1.54, 1.807) is 11.3 Å². The Bertz CT molecular complexity index is 579. The van der Waals surface area contributed by atoms with Crippen LogP contribution in [-0.2, 0) is 4.74 Å². The molecule has 1 saturated heterocycles. The van der Waals surface area contributed by atoms with Gasteiger partial charge in [-0.25, -0.2) is 4.98 Å². The molecule has 2 atom stereocenters. The maximum absolute atomic E-state index is 5.85. The number of nitrogens with zero attached hydrogens (tertiary/aromatic N) is 1. The molecule has 21 heavy (non-hydrogen) atoms. The molecule has 0 radical (unpaired) electrons. The van der Waals surface area contributed by atoms with Crippen LogP contribution in [0.15, 0.2) is 34.1 Å². The maximum Gasteiger partial charge on any atom is 0.0965 e. The van der Waals surface area contributed by atoms with Gasteiger partial charge in [-0.3, -0.25) is 0 Å². The van der Waals surface area contributed by atoms with Gasteiger partial charge in [0.25, 0.3) is 0 Å². The Balaban J connectivity index is 1.73. The van der Waals surface area contributed by atoms with Gasteiger partial charge in [0.05, 0.1) is 16.8 Å². The summed E-state index contributed by atoms with van der Waals surface area (Å²) in [5.41, 5.74) is 2.29. The van der Waals surface area contributed by atoms with Gasteiger partial charge >= 0.3 is 0 Å². The summed E-state index contributed by atoms with van der Waals surface area (Å²) in [5, 5.41) is 3.46. The predicted molar refractivity (Wildman–Crippen MR) is 91.9 cm³/mol. The smallest absolute Gasteiger partial charge is 0.0965 e. The number of aromatic nitrogens is 1. The molecule has 0 aliphatic carbocycles. The molecule has 1 aliphatic rings. The lowest BCUT2D eigenvalue weighted by Crippen LogP contribution is -2.24. The maximum atomic E-state index is 5.85. The van der Waals surface area contributed by atoms with Crippen LogP contribution in [0.4, 0.5) is 0 Å². The minimum Gasteiger partial charge on any atom is -0.378 e. The molecule has 1 fully saturated rings. The molecule has 0 N–H and O–H groups in total. The van der Waals surface area contributed by atoms with Crippen molar-refractivity contribution in [1.29, 1.82) is 0 Å². The fourth-order valence-corrected chi connectivity index (χ4v) is 4.10. The molecule has 0 spiro atoms. The van der Waals surface area contributed by atoms with Gasteiger partial charge in [-0.1, -0.05) is 41.4 Å². The Morgan fingerprint density at radius 3 is 2.90 bits per heavy atom. The van der Waals surface area contributed by atoms with Crippen molar-refractivity contribution in [3.05, 3.63) is 39.1 Å². The highest BCUT2D eigenvalue weighted by Crippen LogP contribution is 2.35. The van der Waals surface area contributed by atoms with Crippen molar-refractivity contribution in [2.75, 3.05) is 6.61 Å². The van der Waals surface area contributed by atoms with Crippen molar-refractivity contribution in [2.24, 2.45) is 0 Å². The van der Waals surface area contributed by atoms with E-state index in [1.807, 2.05) is 0 Å². The summed E-state index contributed by atoms with van der Waals surface area (Å²) >= 11 is 5.27. The highest BCUT2D eigenvalue weighted by atomic mass is 79.9. The summed E-state index contributed by atoms with van der Waals surface area (Å²) in [4.78, 5) is 4.88. The van der Waals surface area contributed by atoms with Crippen LogP contribution in [0, 0.1) is 0 Å². The molecule has 0 amide bonds. The van der Waals surface area contributed by atoms with Crippen molar-refractivity contribution >= 4 is 27.3 Å². The summed E-state index contributed by atoms with van der Waals surface area (Å²) in [5.74, 6) is 0.574. The van der Waals surface area contributed by atoms with Crippen LogP contribution >= 0.6 is 27.3 Å². The van der Waals surface area contributed by atoms with Gasteiger partial charge in [0, 0.05) is 27.9 Å². The molecular formula is C17H20BrNOS. The Labute approximate surface area is 138 Å². The fourth-order valence-electron chi connectivity index (χ4n) is 2.86. The van der Waals surface area contributed by atoms with Crippen LogP contribution in [0.1, 0.15) is 43.5 Å². The first-order valence-electron chi connectivity index (χ1n) is 7.59. The third-order valence-electron chi connectivity index (χ3n) is 3.99. The van der Waals surface area contributed by atoms with Gasteiger partial charge < -0.3 is 4.74 Å². The van der Waals surface area contributed by atoms with E-state index in [9.17, 15) is 0 Å². The second-order valence-electron chi connectivity index (χ2n) is 5.58. The van der Waals surface area contributed by atoms with Crippen LogP contribution in [0.2, 0.25) is 0 Å². The van der Waals surface area contributed by atoms with Gasteiger partial charge in [-0.15, -0.1) is 11.3 Å². The fraction of sp³-hybridized carbons (Fsp3) is 0.471. The van der Waals surface area contributed by atoms with E-state index in [2.05, 4.69) is 52.5 Å². The molecule has 0 bridgehead atoms. The molecule has 2 heterocycles. The van der Waals surface area contributed by atoms with Gasteiger partial charge in [0.2, 0.25) is 0 Å². The standard InChI is InChI=1S/C17H20BrNOS/c1-2-3-15-10-13(8-9-20-15)17-19-16(11-21-17)12-4-6-14(18)7-5-12/h4-7,11,13,15H,2-3,8-10H2,1H3/t13-,15+/m1/s1. The lowest BCUT2D eigenvalue weighted by Gasteiger charge is -2.28. The van der Waals surface area contributed by atoms with E-state index in [0.29, 0.717) is 12.0 Å². The molecule has 0 saturated carbocycles. The summed E-state index contributed by atoms with van der Waals surface area (Å²) in [7, 11) is 0. The van der Waals surface area contributed by atoms with Crippen LogP contribution in [0.3, 0.4) is 0 Å². The van der Waals surface area contributed by atoms with Crippen LogP contribution in [0.5, 0.6) is 0 Å². The zero-order chi connectivity index (χ0) is 14.7. The first-order valence-corrected chi connectivity index (χ1v) is 9.26. The van der Waals surface area contributed by atoms with E-state index >= 15 is 0 Å². The average Bonchev–Trinajstić information content (AvgIpc) is 2.98. The summed E-state index contributed by atoms with van der Waals surface area (Å²) in [6, 6.07) is 8.37. The number of hydrogen-bond donors (Lipinski definition) is 0. The summed E-state index contributed by atoms with van der Waals surface area (Å²) in [6.45, 7) is 3.10. The number of thiazole rings is 1. The molecule has 1 aromatic heterocycles. The second-order valence-corrected chi connectivity index (χ2v) is 7.39. The first-order chi connectivity index (χ1) is 10.3. The van der Waals surface area contributed by atoms with Gasteiger partial charge in [0.15, 0.2) is 0 Å². The Morgan fingerprint density at radius 2 is 2.14 bits per heavy atom. The number of halogens is 1. The lowest BCUT2D eigenvalue weighted by atomic mass is 9.94. The van der Waals surface area contributed by atoms with E-state index in [4.69, 9.17) is 9.72 Å². The third kappa shape index (κ3) is 3.74. The van der Waals surface area contributed by atoms with Crippen molar-refractivity contribution in [1.82, 2.24) is 4.98 Å². The summed E-state index contributed by atoms with van der Waals surface area (Å²) in [6.07, 6.45) is 5.02. The molecule has 1 aromatic carbocycles. The van der Waals surface area contributed by atoms with Crippen molar-refractivity contribution in [3.8, 4) is 11.3 Å². The largest absolute Gasteiger partial charge is 0.378 e. The van der Waals surface area contributed by atoms with Crippen LogP contribution < -0.4 is 0 Å². The molecular weight excluding hydrogens is 346 g/mol. The number of ether oxygens (including phenoxy) is 1. The summed E-state index contributed by atoms with van der Waals surface area (Å²) < 4.78 is 6.95. The molecule has 112 valence electrons.